The number of aromatic nitrogens is 1. The summed E-state index contributed by atoms with van der Waals surface area (Å²) >= 11 is 0. The van der Waals surface area contributed by atoms with Crippen molar-refractivity contribution in [2.75, 3.05) is 40.5 Å². The summed E-state index contributed by atoms with van der Waals surface area (Å²) < 4.78 is 16.2. The summed E-state index contributed by atoms with van der Waals surface area (Å²) in [6, 6.07) is 3.86. The van der Waals surface area contributed by atoms with Gasteiger partial charge in [0.2, 0.25) is 5.88 Å². The highest BCUT2D eigenvalue weighted by Gasteiger charge is 2.15. The van der Waals surface area contributed by atoms with Crippen molar-refractivity contribution in [2.45, 2.75) is 25.5 Å². The van der Waals surface area contributed by atoms with Crippen molar-refractivity contribution in [2.24, 2.45) is 4.99 Å². The molecule has 1 fully saturated rings. The van der Waals surface area contributed by atoms with Gasteiger partial charge in [0.05, 0.1) is 19.8 Å². The van der Waals surface area contributed by atoms with E-state index >= 15 is 0 Å². The molecule has 0 spiro atoms. The second-order valence-corrected chi connectivity index (χ2v) is 5.23. The van der Waals surface area contributed by atoms with Gasteiger partial charge in [-0.2, -0.15) is 0 Å². The van der Waals surface area contributed by atoms with Crippen molar-refractivity contribution in [3.63, 3.8) is 0 Å². The third-order valence-corrected chi connectivity index (χ3v) is 3.57. The van der Waals surface area contributed by atoms with E-state index in [1.807, 2.05) is 12.1 Å². The Morgan fingerprint density at radius 2 is 2.39 bits per heavy atom. The molecule has 1 aliphatic rings. The molecule has 0 aliphatic carbocycles. The molecule has 2 rings (SSSR count). The molecular weight excluding hydrogens is 296 g/mol. The number of ether oxygens (including phenoxy) is 3. The maximum Gasteiger partial charge on any atom is 0.218 e. The Balaban J connectivity index is 1.63. The van der Waals surface area contributed by atoms with Gasteiger partial charge in [0.15, 0.2) is 5.96 Å². The lowest BCUT2D eigenvalue weighted by Gasteiger charge is -2.14. The molecule has 0 aromatic carbocycles. The quantitative estimate of drug-likeness (QED) is 0.422. The lowest BCUT2D eigenvalue weighted by molar-refractivity contribution is 0.0420. The Morgan fingerprint density at radius 3 is 3.13 bits per heavy atom. The van der Waals surface area contributed by atoms with Crippen LogP contribution in [0.4, 0.5) is 0 Å². The number of nitrogens with zero attached hydrogens (tertiary/aromatic N) is 2. The minimum absolute atomic E-state index is 0.269. The molecule has 1 aromatic rings. The number of rotatable bonds is 8. The third kappa shape index (κ3) is 6.03. The summed E-state index contributed by atoms with van der Waals surface area (Å²) in [6.07, 6.45) is 3.91. The van der Waals surface area contributed by atoms with Crippen LogP contribution in [0.25, 0.3) is 0 Å². The SMILES string of the molecule is CN=C(NCCCOC1CCOC1)NCc1cccnc1OC. The fourth-order valence-electron chi connectivity index (χ4n) is 2.32. The van der Waals surface area contributed by atoms with Gasteiger partial charge in [-0.15, -0.1) is 0 Å². The molecule has 7 heteroatoms. The van der Waals surface area contributed by atoms with Crippen LogP contribution in [0.1, 0.15) is 18.4 Å². The van der Waals surface area contributed by atoms with Gasteiger partial charge in [-0.25, -0.2) is 4.98 Å². The number of methoxy groups -OCH3 is 1. The topological polar surface area (TPSA) is 77.0 Å². The van der Waals surface area contributed by atoms with Gasteiger partial charge in [-0.05, 0) is 18.9 Å². The van der Waals surface area contributed by atoms with Crippen molar-refractivity contribution in [3.05, 3.63) is 23.9 Å². The van der Waals surface area contributed by atoms with Crippen LogP contribution in [-0.2, 0) is 16.0 Å². The Labute approximate surface area is 137 Å². The van der Waals surface area contributed by atoms with Gasteiger partial charge in [-0.3, -0.25) is 4.99 Å². The number of aliphatic imine (C=N–C) groups is 1. The molecule has 1 saturated heterocycles. The van der Waals surface area contributed by atoms with Gasteiger partial charge in [0.25, 0.3) is 0 Å². The van der Waals surface area contributed by atoms with Crippen molar-refractivity contribution in [1.29, 1.82) is 0 Å². The largest absolute Gasteiger partial charge is 0.481 e. The highest BCUT2D eigenvalue weighted by atomic mass is 16.5. The molecule has 7 nitrogen and oxygen atoms in total. The van der Waals surface area contributed by atoms with Crippen molar-refractivity contribution in [1.82, 2.24) is 15.6 Å². The number of nitrogens with one attached hydrogen (secondary N) is 2. The van der Waals surface area contributed by atoms with E-state index in [1.165, 1.54) is 0 Å². The molecule has 2 heterocycles. The zero-order valence-electron chi connectivity index (χ0n) is 13.9. The molecule has 0 saturated carbocycles. The first kappa shape index (κ1) is 17.5. The molecular formula is C16H26N4O3. The molecule has 0 amide bonds. The van der Waals surface area contributed by atoms with E-state index in [0.717, 1.165) is 50.7 Å². The average Bonchev–Trinajstić information content (AvgIpc) is 3.11. The van der Waals surface area contributed by atoms with E-state index in [2.05, 4.69) is 20.6 Å². The van der Waals surface area contributed by atoms with Crippen LogP contribution in [0.15, 0.2) is 23.3 Å². The van der Waals surface area contributed by atoms with E-state index in [0.29, 0.717) is 12.4 Å². The predicted molar refractivity (Wildman–Crippen MR) is 88.8 cm³/mol. The molecule has 1 unspecified atom stereocenters. The second-order valence-electron chi connectivity index (χ2n) is 5.23. The number of hydrogen-bond acceptors (Lipinski definition) is 5. The van der Waals surface area contributed by atoms with Crippen LogP contribution in [0.5, 0.6) is 5.88 Å². The van der Waals surface area contributed by atoms with E-state index in [4.69, 9.17) is 14.2 Å². The highest BCUT2D eigenvalue weighted by molar-refractivity contribution is 5.79. The minimum Gasteiger partial charge on any atom is -0.481 e. The first-order valence-electron chi connectivity index (χ1n) is 7.95. The summed E-state index contributed by atoms with van der Waals surface area (Å²) in [5.41, 5.74) is 0.988. The molecule has 0 radical (unpaired) electrons. The van der Waals surface area contributed by atoms with Gasteiger partial charge in [-0.1, -0.05) is 6.07 Å². The van der Waals surface area contributed by atoms with Crippen LogP contribution in [0, 0.1) is 0 Å². The Bertz CT molecular complexity index is 490. The van der Waals surface area contributed by atoms with Crippen LogP contribution < -0.4 is 15.4 Å². The lowest BCUT2D eigenvalue weighted by atomic mass is 10.2. The molecule has 1 aliphatic heterocycles. The summed E-state index contributed by atoms with van der Waals surface area (Å²) in [6.45, 7) is 3.68. The van der Waals surface area contributed by atoms with Gasteiger partial charge in [0, 0.05) is 45.1 Å². The summed E-state index contributed by atoms with van der Waals surface area (Å²) in [7, 11) is 3.37. The van der Waals surface area contributed by atoms with Gasteiger partial charge >= 0.3 is 0 Å². The molecule has 23 heavy (non-hydrogen) atoms. The fraction of sp³-hybridized carbons (Fsp3) is 0.625. The molecule has 2 N–H and O–H groups in total. The lowest BCUT2D eigenvalue weighted by Crippen LogP contribution is -2.37. The Morgan fingerprint density at radius 1 is 1.48 bits per heavy atom. The van der Waals surface area contributed by atoms with Gasteiger partial charge < -0.3 is 24.8 Å². The first-order valence-corrected chi connectivity index (χ1v) is 7.95. The maximum absolute atomic E-state index is 5.73. The van der Waals surface area contributed by atoms with Crippen molar-refractivity contribution < 1.29 is 14.2 Å². The third-order valence-electron chi connectivity index (χ3n) is 3.57. The van der Waals surface area contributed by atoms with Crippen LogP contribution in [0.3, 0.4) is 0 Å². The van der Waals surface area contributed by atoms with Gasteiger partial charge in [0.1, 0.15) is 0 Å². The van der Waals surface area contributed by atoms with E-state index in [9.17, 15) is 0 Å². The molecule has 128 valence electrons. The minimum atomic E-state index is 0.269. The van der Waals surface area contributed by atoms with Crippen molar-refractivity contribution in [3.8, 4) is 5.88 Å². The zero-order valence-corrected chi connectivity index (χ0v) is 13.9. The molecule has 0 bridgehead atoms. The molecule has 1 aromatic heterocycles. The predicted octanol–water partition coefficient (Wildman–Crippen LogP) is 0.951. The van der Waals surface area contributed by atoms with E-state index < -0.39 is 0 Å². The normalized spacial score (nSPS) is 18.0. The zero-order chi connectivity index (χ0) is 16.3. The smallest absolute Gasteiger partial charge is 0.218 e. The van der Waals surface area contributed by atoms with Crippen molar-refractivity contribution >= 4 is 5.96 Å². The number of hydrogen-bond donors (Lipinski definition) is 2. The van der Waals surface area contributed by atoms with E-state index in [-0.39, 0.29) is 6.10 Å². The average molecular weight is 322 g/mol. The number of guanidine groups is 1. The van der Waals surface area contributed by atoms with Crippen LogP contribution in [-0.4, -0.2) is 57.6 Å². The Kier molecular flexibility index (Phi) is 7.62. The summed E-state index contributed by atoms with van der Waals surface area (Å²) in [5.74, 6) is 1.38. The van der Waals surface area contributed by atoms with Crippen LogP contribution in [0.2, 0.25) is 0 Å². The molecule has 1 atom stereocenters. The summed E-state index contributed by atoms with van der Waals surface area (Å²) in [5, 5.41) is 6.52. The first-order chi connectivity index (χ1) is 11.3. The monoisotopic (exact) mass is 322 g/mol. The number of pyridine rings is 1. The van der Waals surface area contributed by atoms with Crippen LogP contribution >= 0.6 is 0 Å². The summed E-state index contributed by atoms with van der Waals surface area (Å²) in [4.78, 5) is 8.38. The maximum atomic E-state index is 5.73. The second kappa shape index (κ2) is 10.0. The van der Waals surface area contributed by atoms with E-state index in [1.54, 1.807) is 20.4 Å². The standard InChI is InChI=1S/C16H26N4O3/c1-17-16(19-8-4-9-23-14-6-10-22-12-14)20-11-13-5-3-7-18-15(13)21-2/h3,5,7,14H,4,6,8-12H2,1-2H3,(H2,17,19,20). The fourth-order valence-corrected chi connectivity index (χ4v) is 2.32. The Hall–Kier alpha value is -1.86. The highest BCUT2D eigenvalue weighted by Crippen LogP contribution is 2.12.